The van der Waals surface area contributed by atoms with Crippen molar-refractivity contribution in [2.45, 2.75) is 136 Å². The third kappa shape index (κ3) is 11.4. The lowest BCUT2D eigenvalue weighted by Crippen LogP contribution is -2.54. The summed E-state index contributed by atoms with van der Waals surface area (Å²) in [6, 6.07) is 4.88. The maximum Gasteiger partial charge on any atom is 0.408 e. The van der Waals surface area contributed by atoms with Gasteiger partial charge in [-0.2, -0.15) is 0 Å². The standard InChI is InChI=1S/C32H53N3O5/c1-7-8-9-10-16-21-35(30(38)26(22-23(2)3)34-31(39)40-32(4,5)6)28(25-19-14-15-20-27(25)36)29(37)33-24-17-12-11-13-18-24/h14-15,19-20,23-24,26,28,36H,7-13,16-18,21-22H2,1-6H3,(H,33,37)(H,34,39). The van der Waals surface area contributed by atoms with E-state index in [0.717, 1.165) is 57.8 Å². The molecule has 1 aromatic rings. The molecule has 0 heterocycles. The molecule has 3 N–H and O–H groups in total. The first-order chi connectivity index (χ1) is 18.9. The number of amides is 3. The van der Waals surface area contributed by atoms with Gasteiger partial charge in [-0.3, -0.25) is 9.59 Å². The number of phenols is 1. The third-order valence-corrected chi connectivity index (χ3v) is 7.22. The highest BCUT2D eigenvalue weighted by atomic mass is 16.6. The molecule has 2 unspecified atom stereocenters. The van der Waals surface area contributed by atoms with E-state index in [0.29, 0.717) is 24.9 Å². The third-order valence-electron chi connectivity index (χ3n) is 7.22. The van der Waals surface area contributed by atoms with Crippen molar-refractivity contribution in [3.05, 3.63) is 29.8 Å². The summed E-state index contributed by atoms with van der Waals surface area (Å²) in [5, 5.41) is 16.8. The first kappa shape index (κ1) is 33.4. The number of hydrogen-bond acceptors (Lipinski definition) is 5. The molecule has 0 saturated heterocycles. The molecule has 0 spiro atoms. The summed E-state index contributed by atoms with van der Waals surface area (Å²) in [7, 11) is 0. The average molecular weight is 560 g/mol. The van der Waals surface area contributed by atoms with Crippen molar-refractivity contribution >= 4 is 17.9 Å². The first-order valence-corrected chi connectivity index (χ1v) is 15.3. The number of rotatable bonds is 14. The lowest BCUT2D eigenvalue weighted by atomic mass is 9.94. The van der Waals surface area contributed by atoms with Gasteiger partial charge in [0, 0.05) is 18.2 Å². The SMILES string of the molecule is CCCCCCCN(C(=O)C(CC(C)C)NC(=O)OC(C)(C)C)C(C(=O)NC1CCCCC1)c1ccccc1O. The second-order valence-corrected chi connectivity index (χ2v) is 12.6. The number of nitrogens with zero attached hydrogens (tertiary/aromatic N) is 1. The number of carbonyl (C=O) groups is 3. The minimum atomic E-state index is -1.02. The van der Waals surface area contributed by atoms with Crippen LogP contribution in [0.2, 0.25) is 0 Å². The zero-order valence-electron chi connectivity index (χ0n) is 25.6. The number of para-hydroxylation sites is 1. The van der Waals surface area contributed by atoms with E-state index in [1.807, 2.05) is 13.8 Å². The van der Waals surface area contributed by atoms with Crippen molar-refractivity contribution in [2.75, 3.05) is 6.54 Å². The van der Waals surface area contributed by atoms with E-state index >= 15 is 0 Å². The fourth-order valence-corrected chi connectivity index (χ4v) is 5.29. The van der Waals surface area contributed by atoms with E-state index in [4.69, 9.17) is 4.74 Å². The summed E-state index contributed by atoms with van der Waals surface area (Å²) < 4.78 is 5.48. The van der Waals surface area contributed by atoms with Crippen LogP contribution >= 0.6 is 0 Å². The number of alkyl carbamates (subject to hydrolysis) is 1. The molecule has 2 rings (SSSR count). The highest BCUT2D eigenvalue weighted by Crippen LogP contribution is 2.31. The Morgan fingerprint density at radius 1 is 1.02 bits per heavy atom. The molecule has 0 radical (unpaired) electrons. The smallest absolute Gasteiger partial charge is 0.408 e. The summed E-state index contributed by atoms with van der Waals surface area (Å²) in [6.45, 7) is 11.8. The summed E-state index contributed by atoms with van der Waals surface area (Å²) in [4.78, 5) is 42.6. The Morgan fingerprint density at radius 3 is 2.27 bits per heavy atom. The van der Waals surface area contributed by atoms with Gasteiger partial charge in [-0.25, -0.2) is 4.79 Å². The minimum Gasteiger partial charge on any atom is -0.508 e. The lowest BCUT2D eigenvalue weighted by Gasteiger charge is -2.36. The second kappa shape index (κ2) is 16.5. The Labute approximate surface area is 241 Å². The Balaban J connectivity index is 2.46. The number of benzene rings is 1. The number of nitrogens with one attached hydrogen (secondary N) is 2. The summed E-state index contributed by atoms with van der Waals surface area (Å²) >= 11 is 0. The fourth-order valence-electron chi connectivity index (χ4n) is 5.29. The number of unbranched alkanes of at least 4 members (excludes halogenated alkanes) is 4. The zero-order chi connectivity index (χ0) is 29.7. The molecular formula is C32H53N3O5. The molecule has 1 aromatic carbocycles. The summed E-state index contributed by atoms with van der Waals surface area (Å²) in [5.41, 5.74) is -0.328. The largest absolute Gasteiger partial charge is 0.508 e. The summed E-state index contributed by atoms with van der Waals surface area (Å²) in [6.07, 6.45) is 9.69. The van der Waals surface area contributed by atoms with E-state index < -0.39 is 23.8 Å². The zero-order valence-corrected chi connectivity index (χ0v) is 25.6. The van der Waals surface area contributed by atoms with Crippen LogP contribution in [-0.4, -0.2) is 52.1 Å². The molecule has 40 heavy (non-hydrogen) atoms. The molecule has 3 amide bonds. The normalized spacial score (nSPS) is 15.8. The molecule has 8 nitrogen and oxygen atoms in total. The van der Waals surface area contributed by atoms with Crippen molar-refractivity contribution in [3.8, 4) is 5.75 Å². The highest BCUT2D eigenvalue weighted by Gasteiger charge is 2.38. The van der Waals surface area contributed by atoms with Gasteiger partial charge in [-0.05, 0) is 58.4 Å². The molecule has 1 aliphatic rings. The van der Waals surface area contributed by atoms with E-state index in [2.05, 4.69) is 17.6 Å². The topological polar surface area (TPSA) is 108 Å². The van der Waals surface area contributed by atoms with Crippen molar-refractivity contribution in [2.24, 2.45) is 5.92 Å². The van der Waals surface area contributed by atoms with Gasteiger partial charge in [-0.1, -0.05) is 83.9 Å². The van der Waals surface area contributed by atoms with Gasteiger partial charge in [0.2, 0.25) is 11.8 Å². The van der Waals surface area contributed by atoms with E-state index in [1.165, 1.54) is 0 Å². The molecule has 1 aliphatic carbocycles. The van der Waals surface area contributed by atoms with Crippen molar-refractivity contribution in [3.63, 3.8) is 0 Å². The predicted octanol–water partition coefficient (Wildman–Crippen LogP) is 6.62. The maximum absolute atomic E-state index is 14.3. The molecule has 226 valence electrons. The Morgan fingerprint density at radius 2 is 1.68 bits per heavy atom. The first-order valence-electron chi connectivity index (χ1n) is 15.3. The van der Waals surface area contributed by atoms with Crippen LogP contribution in [0.25, 0.3) is 0 Å². The Bertz CT molecular complexity index is 937. The molecule has 0 aromatic heterocycles. The summed E-state index contributed by atoms with van der Waals surface area (Å²) in [5.74, 6) is -0.566. The van der Waals surface area contributed by atoms with Gasteiger partial charge in [0.1, 0.15) is 23.4 Å². The van der Waals surface area contributed by atoms with E-state index in [9.17, 15) is 19.5 Å². The van der Waals surface area contributed by atoms with E-state index in [-0.39, 0.29) is 29.5 Å². The fraction of sp³-hybridized carbons (Fsp3) is 0.719. The monoisotopic (exact) mass is 559 g/mol. The average Bonchev–Trinajstić information content (AvgIpc) is 2.87. The minimum absolute atomic E-state index is 0.0319. The van der Waals surface area contributed by atoms with Crippen LogP contribution in [0.3, 0.4) is 0 Å². The predicted molar refractivity (Wildman–Crippen MR) is 159 cm³/mol. The number of carbonyl (C=O) groups excluding carboxylic acids is 3. The molecule has 1 fully saturated rings. The number of aromatic hydroxyl groups is 1. The molecule has 2 atom stereocenters. The van der Waals surface area contributed by atoms with Crippen LogP contribution in [0.15, 0.2) is 24.3 Å². The van der Waals surface area contributed by atoms with Gasteiger partial charge in [0.15, 0.2) is 0 Å². The number of phenolic OH excluding ortho intramolecular Hbond substituents is 1. The molecule has 8 heteroatoms. The maximum atomic E-state index is 14.3. The highest BCUT2D eigenvalue weighted by molar-refractivity contribution is 5.92. The molecule has 0 aliphatic heterocycles. The van der Waals surface area contributed by atoms with Crippen LogP contribution in [0.1, 0.15) is 124 Å². The van der Waals surface area contributed by atoms with Crippen LogP contribution in [0, 0.1) is 5.92 Å². The van der Waals surface area contributed by atoms with Gasteiger partial charge < -0.3 is 25.4 Å². The van der Waals surface area contributed by atoms with Crippen LogP contribution in [-0.2, 0) is 14.3 Å². The lowest BCUT2D eigenvalue weighted by molar-refractivity contribution is -0.143. The van der Waals surface area contributed by atoms with Gasteiger partial charge >= 0.3 is 6.09 Å². The molecular weight excluding hydrogens is 506 g/mol. The van der Waals surface area contributed by atoms with Gasteiger partial charge in [-0.15, -0.1) is 0 Å². The van der Waals surface area contributed by atoms with E-state index in [1.54, 1.807) is 49.9 Å². The molecule has 0 bridgehead atoms. The van der Waals surface area contributed by atoms with Gasteiger partial charge in [0.05, 0.1) is 0 Å². The Hall–Kier alpha value is -2.77. The quantitative estimate of drug-likeness (QED) is 0.222. The molecule has 1 saturated carbocycles. The van der Waals surface area contributed by atoms with Crippen molar-refractivity contribution in [1.29, 1.82) is 0 Å². The van der Waals surface area contributed by atoms with Gasteiger partial charge in [0.25, 0.3) is 0 Å². The van der Waals surface area contributed by atoms with Crippen LogP contribution in [0.4, 0.5) is 4.79 Å². The Kier molecular flexibility index (Phi) is 13.8. The number of ether oxygens (including phenoxy) is 1. The second-order valence-electron chi connectivity index (χ2n) is 12.6. The van der Waals surface area contributed by atoms with Crippen molar-refractivity contribution < 1.29 is 24.2 Å². The van der Waals surface area contributed by atoms with Crippen LogP contribution in [0.5, 0.6) is 5.75 Å². The van der Waals surface area contributed by atoms with Crippen LogP contribution < -0.4 is 10.6 Å². The van der Waals surface area contributed by atoms with Crippen molar-refractivity contribution in [1.82, 2.24) is 15.5 Å². The number of hydrogen-bond donors (Lipinski definition) is 3.